The predicted molar refractivity (Wildman–Crippen MR) is 73.3 cm³/mol. The average Bonchev–Trinajstić information content (AvgIpc) is 2.19. The van der Waals surface area contributed by atoms with Gasteiger partial charge in [0.05, 0.1) is 0 Å². The quantitative estimate of drug-likeness (QED) is 0.782. The summed E-state index contributed by atoms with van der Waals surface area (Å²) in [4.78, 5) is 4.90. The van der Waals surface area contributed by atoms with Crippen LogP contribution in [0.1, 0.15) is 11.1 Å². The van der Waals surface area contributed by atoms with Crippen LogP contribution in [-0.2, 0) is 0 Å². The Balaban J connectivity index is 2.26. The molecule has 2 rings (SSSR count). The first-order valence-electron chi connectivity index (χ1n) is 5.78. The van der Waals surface area contributed by atoms with Crippen molar-refractivity contribution in [3.8, 4) is 0 Å². The Hall–Kier alpha value is -0.540. The Bertz CT molecular complexity index is 359. The van der Waals surface area contributed by atoms with Crippen LogP contribution in [0.4, 0.5) is 5.69 Å². The van der Waals surface area contributed by atoms with Crippen molar-refractivity contribution in [2.24, 2.45) is 0 Å². The van der Waals surface area contributed by atoms with Gasteiger partial charge in [0.1, 0.15) is 0 Å². The van der Waals surface area contributed by atoms with Crippen LogP contribution in [0.5, 0.6) is 0 Å². The van der Waals surface area contributed by atoms with Crippen LogP contribution in [0, 0.1) is 13.8 Å². The van der Waals surface area contributed by atoms with Gasteiger partial charge in [-0.2, -0.15) is 0 Å². The summed E-state index contributed by atoms with van der Waals surface area (Å²) in [6.45, 7) is 9.00. The van der Waals surface area contributed by atoms with E-state index in [2.05, 4.69) is 58.8 Å². The van der Waals surface area contributed by atoms with E-state index in [1.54, 1.807) is 0 Å². The highest BCUT2D eigenvalue weighted by atomic mass is 79.9. The molecule has 0 N–H and O–H groups in total. The minimum Gasteiger partial charge on any atom is -0.369 e. The third-order valence-corrected chi connectivity index (χ3v) is 3.73. The first-order valence-corrected chi connectivity index (χ1v) is 6.57. The van der Waals surface area contributed by atoms with Crippen LogP contribution in [0.15, 0.2) is 16.6 Å². The van der Waals surface area contributed by atoms with Gasteiger partial charge >= 0.3 is 0 Å². The number of halogens is 1. The molecule has 0 radical (unpaired) electrons. The van der Waals surface area contributed by atoms with Crippen LogP contribution >= 0.6 is 15.9 Å². The summed E-state index contributed by atoms with van der Waals surface area (Å²) in [6.07, 6.45) is 0. The number of rotatable bonds is 1. The SMILES string of the molecule is Cc1cc(Br)cc(C)c1N1CCN(C)CC1. The molecule has 0 aromatic heterocycles. The molecule has 0 unspecified atom stereocenters. The molecule has 0 amide bonds. The number of nitrogens with zero attached hydrogens (tertiary/aromatic N) is 2. The number of benzene rings is 1. The fourth-order valence-corrected chi connectivity index (χ4v) is 3.12. The molecule has 0 spiro atoms. The second-order valence-electron chi connectivity index (χ2n) is 4.68. The molecule has 1 saturated heterocycles. The Labute approximate surface area is 106 Å². The van der Waals surface area contributed by atoms with E-state index < -0.39 is 0 Å². The second kappa shape index (κ2) is 4.76. The molecule has 1 aliphatic rings. The summed E-state index contributed by atoms with van der Waals surface area (Å²) in [5, 5.41) is 0. The Morgan fingerprint density at radius 1 is 1.00 bits per heavy atom. The molecule has 0 bridgehead atoms. The van der Waals surface area contributed by atoms with Crippen LogP contribution < -0.4 is 4.90 Å². The number of hydrogen-bond donors (Lipinski definition) is 0. The normalized spacial score (nSPS) is 17.9. The lowest BCUT2D eigenvalue weighted by Crippen LogP contribution is -2.45. The van der Waals surface area contributed by atoms with Gasteiger partial charge in [-0.1, -0.05) is 15.9 Å². The van der Waals surface area contributed by atoms with Crippen molar-refractivity contribution in [3.63, 3.8) is 0 Å². The van der Waals surface area contributed by atoms with Crippen molar-refractivity contribution >= 4 is 21.6 Å². The molecule has 1 heterocycles. The van der Waals surface area contributed by atoms with E-state index in [-0.39, 0.29) is 0 Å². The summed E-state index contributed by atoms with van der Waals surface area (Å²) < 4.78 is 1.18. The number of likely N-dealkylation sites (N-methyl/N-ethyl adjacent to an activating group) is 1. The monoisotopic (exact) mass is 282 g/mol. The summed E-state index contributed by atoms with van der Waals surface area (Å²) >= 11 is 3.55. The number of hydrogen-bond acceptors (Lipinski definition) is 2. The summed E-state index contributed by atoms with van der Waals surface area (Å²) in [5.41, 5.74) is 4.17. The molecule has 1 aliphatic heterocycles. The van der Waals surface area contributed by atoms with Gasteiger partial charge in [-0.25, -0.2) is 0 Å². The number of anilines is 1. The van der Waals surface area contributed by atoms with Gasteiger partial charge < -0.3 is 9.80 Å². The molecular weight excluding hydrogens is 264 g/mol. The van der Waals surface area contributed by atoms with Crippen molar-refractivity contribution < 1.29 is 0 Å². The van der Waals surface area contributed by atoms with E-state index in [0.29, 0.717) is 0 Å². The first-order chi connectivity index (χ1) is 7.58. The van der Waals surface area contributed by atoms with Crippen LogP contribution in [0.2, 0.25) is 0 Å². The zero-order chi connectivity index (χ0) is 11.7. The van der Waals surface area contributed by atoms with E-state index in [1.807, 2.05) is 0 Å². The highest BCUT2D eigenvalue weighted by Gasteiger charge is 2.17. The minimum atomic E-state index is 1.14. The third-order valence-electron chi connectivity index (χ3n) is 3.28. The number of piperazine rings is 1. The highest BCUT2D eigenvalue weighted by Crippen LogP contribution is 2.29. The lowest BCUT2D eigenvalue weighted by Gasteiger charge is -2.36. The van der Waals surface area contributed by atoms with E-state index in [4.69, 9.17) is 0 Å². The maximum Gasteiger partial charge on any atom is 0.0427 e. The van der Waals surface area contributed by atoms with Crippen molar-refractivity contribution in [2.75, 3.05) is 38.1 Å². The first kappa shape index (κ1) is 11.9. The van der Waals surface area contributed by atoms with Crippen molar-refractivity contribution in [2.45, 2.75) is 13.8 Å². The van der Waals surface area contributed by atoms with Crippen molar-refractivity contribution in [3.05, 3.63) is 27.7 Å². The summed E-state index contributed by atoms with van der Waals surface area (Å²) in [6, 6.07) is 4.42. The third kappa shape index (κ3) is 2.41. The van der Waals surface area contributed by atoms with Gasteiger partial charge in [0, 0.05) is 36.3 Å². The van der Waals surface area contributed by atoms with Crippen molar-refractivity contribution in [1.82, 2.24) is 4.90 Å². The largest absolute Gasteiger partial charge is 0.369 e. The molecule has 3 heteroatoms. The van der Waals surface area contributed by atoms with Gasteiger partial charge in [0.2, 0.25) is 0 Å². The molecule has 16 heavy (non-hydrogen) atoms. The van der Waals surface area contributed by atoms with E-state index in [1.165, 1.54) is 21.3 Å². The van der Waals surface area contributed by atoms with Gasteiger partial charge in [-0.05, 0) is 44.2 Å². The second-order valence-corrected chi connectivity index (χ2v) is 5.59. The van der Waals surface area contributed by atoms with Crippen LogP contribution in [0.25, 0.3) is 0 Å². The smallest absolute Gasteiger partial charge is 0.0427 e. The average molecular weight is 283 g/mol. The fourth-order valence-electron chi connectivity index (χ4n) is 2.43. The van der Waals surface area contributed by atoms with Gasteiger partial charge in [-0.15, -0.1) is 0 Å². The van der Waals surface area contributed by atoms with Crippen LogP contribution in [-0.4, -0.2) is 38.1 Å². The minimum absolute atomic E-state index is 1.14. The molecular formula is C13H19BrN2. The topological polar surface area (TPSA) is 6.48 Å². The maximum atomic E-state index is 3.55. The summed E-state index contributed by atoms with van der Waals surface area (Å²) in [7, 11) is 2.19. The Kier molecular flexibility index (Phi) is 3.55. The molecule has 2 nitrogen and oxygen atoms in total. The van der Waals surface area contributed by atoms with Crippen LogP contribution in [0.3, 0.4) is 0 Å². The van der Waals surface area contributed by atoms with E-state index >= 15 is 0 Å². The van der Waals surface area contributed by atoms with Gasteiger partial charge in [0.15, 0.2) is 0 Å². The summed E-state index contributed by atoms with van der Waals surface area (Å²) in [5.74, 6) is 0. The molecule has 1 aromatic carbocycles. The zero-order valence-corrected chi connectivity index (χ0v) is 11.8. The zero-order valence-electron chi connectivity index (χ0n) is 10.3. The standard InChI is InChI=1S/C13H19BrN2/c1-10-8-12(14)9-11(2)13(10)16-6-4-15(3)5-7-16/h8-9H,4-7H2,1-3H3. The van der Waals surface area contributed by atoms with Gasteiger partial charge in [0.25, 0.3) is 0 Å². The number of aryl methyl sites for hydroxylation is 2. The maximum absolute atomic E-state index is 3.55. The molecule has 0 atom stereocenters. The lowest BCUT2D eigenvalue weighted by molar-refractivity contribution is 0.312. The molecule has 88 valence electrons. The Morgan fingerprint density at radius 2 is 1.50 bits per heavy atom. The highest BCUT2D eigenvalue weighted by molar-refractivity contribution is 9.10. The van der Waals surface area contributed by atoms with E-state index in [0.717, 1.165) is 26.2 Å². The van der Waals surface area contributed by atoms with Crippen molar-refractivity contribution in [1.29, 1.82) is 0 Å². The molecule has 1 aromatic rings. The molecule has 0 saturated carbocycles. The van der Waals surface area contributed by atoms with Gasteiger partial charge in [-0.3, -0.25) is 0 Å². The fraction of sp³-hybridized carbons (Fsp3) is 0.538. The molecule has 0 aliphatic carbocycles. The molecule has 1 fully saturated rings. The predicted octanol–water partition coefficient (Wildman–Crippen LogP) is 2.82. The Morgan fingerprint density at radius 3 is 2.00 bits per heavy atom. The lowest BCUT2D eigenvalue weighted by atomic mass is 10.1. The van der Waals surface area contributed by atoms with E-state index in [9.17, 15) is 0 Å².